The van der Waals surface area contributed by atoms with Crippen LogP contribution >= 0.6 is 0 Å². The van der Waals surface area contributed by atoms with Crippen molar-refractivity contribution in [1.29, 1.82) is 0 Å². The molecule has 2 aliphatic carbocycles. The van der Waals surface area contributed by atoms with E-state index < -0.39 is 23.9 Å². The van der Waals surface area contributed by atoms with E-state index in [-0.39, 0.29) is 23.7 Å². The van der Waals surface area contributed by atoms with Crippen molar-refractivity contribution < 1.29 is 18.8 Å². The smallest absolute Gasteiger partial charge is 0.321 e. The van der Waals surface area contributed by atoms with E-state index in [2.05, 4.69) is 15.6 Å². The number of benzodiazepines with no additional fused rings is 1. The summed E-state index contributed by atoms with van der Waals surface area (Å²) in [6.45, 7) is 1.20. The van der Waals surface area contributed by atoms with E-state index in [9.17, 15) is 14.4 Å². The predicted octanol–water partition coefficient (Wildman–Crippen LogP) is 5.29. The largest absolute Gasteiger partial charge is 0.341 e. The summed E-state index contributed by atoms with van der Waals surface area (Å²) in [6, 6.07) is 18.5. The van der Waals surface area contributed by atoms with Gasteiger partial charge in [-0.05, 0) is 98.2 Å². The molecule has 3 aromatic rings. The van der Waals surface area contributed by atoms with Gasteiger partial charge in [0.1, 0.15) is 12.4 Å². The molecule has 0 aromatic heterocycles. The van der Waals surface area contributed by atoms with E-state index in [4.69, 9.17) is 0 Å². The molecule has 2 saturated heterocycles. The molecule has 3 aliphatic heterocycles. The number of fused-ring (bicyclic) bond motifs is 6. The van der Waals surface area contributed by atoms with Crippen LogP contribution in [0.1, 0.15) is 54.4 Å². The highest BCUT2D eigenvalue weighted by molar-refractivity contribution is 6.21. The number of urea groups is 1. The maximum atomic E-state index is 15.2. The molecule has 1 unspecified atom stereocenters. The van der Waals surface area contributed by atoms with E-state index in [0.717, 1.165) is 44.9 Å². The van der Waals surface area contributed by atoms with Crippen LogP contribution < -0.4 is 15.5 Å². The molecule has 4 amide bonds. The van der Waals surface area contributed by atoms with Crippen molar-refractivity contribution in [3.8, 4) is 0 Å². The zero-order chi connectivity index (χ0) is 30.2. The highest BCUT2D eigenvalue weighted by Crippen LogP contribution is 2.35. The van der Waals surface area contributed by atoms with Gasteiger partial charge in [0.05, 0.1) is 11.4 Å². The van der Waals surface area contributed by atoms with Crippen LogP contribution in [0.15, 0.2) is 71.7 Å². The lowest BCUT2D eigenvalue weighted by Gasteiger charge is -2.29. The molecule has 3 heterocycles. The Labute approximate surface area is 256 Å². The van der Waals surface area contributed by atoms with Gasteiger partial charge in [-0.3, -0.25) is 14.5 Å². The maximum absolute atomic E-state index is 15.2. The third-order valence-electron chi connectivity index (χ3n) is 9.53. The molecule has 3 aromatic carbocycles. The van der Waals surface area contributed by atoms with Crippen LogP contribution in [-0.2, 0) is 22.4 Å². The number of amides is 4. The summed E-state index contributed by atoms with van der Waals surface area (Å²) < 4.78 is 15.2. The quantitative estimate of drug-likeness (QED) is 0.421. The first-order valence-electron chi connectivity index (χ1n) is 15.6. The first-order valence-corrected chi connectivity index (χ1v) is 15.6. The molecule has 226 valence electrons. The number of carbonyl (C=O) groups is 3. The van der Waals surface area contributed by atoms with Crippen LogP contribution in [0.2, 0.25) is 0 Å². The Kier molecular flexibility index (Phi) is 7.62. The third-order valence-corrected chi connectivity index (χ3v) is 9.53. The summed E-state index contributed by atoms with van der Waals surface area (Å²) in [4.78, 5) is 49.3. The van der Waals surface area contributed by atoms with E-state index in [1.807, 2.05) is 23.1 Å². The first-order chi connectivity index (χ1) is 21.4. The van der Waals surface area contributed by atoms with Crippen molar-refractivity contribution in [2.45, 2.75) is 51.1 Å². The van der Waals surface area contributed by atoms with Crippen molar-refractivity contribution in [3.05, 3.63) is 94.8 Å². The second-order valence-corrected chi connectivity index (χ2v) is 12.4. The number of benzene rings is 3. The summed E-state index contributed by atoms with van der Waals surface area (Å²) in [5.74, 6) is -0.225. The van der Waals surface area contributed by atoms with Gasteiger partial charge in [0.15, 0.2) is 0 Å². The summed E-state index contributed by atoms with van der Waals surface area (Å²) in [5.41, 5.74) is 4.51. The SMILES string of the molecule is O=C(Nc1ccc2c(c1)CCC2)NC1N=C(c2ccccc2F)c2ccccc2N(CC(=O)N2CC3CCC(CC3)C2)C1=O. The number of nitrogens with zero attached hydrogens (tertiary/aromatic N) is 3. The van der Waals surface area contributed by atoms with Crippen LogP contribution in [0.25, 0.3) is 0 Å². The Hall–Kier alpha value is -4.53. The molecule has 2 N–H and O–H groups in total. The van der Waals surface area contributed by atoms with Crippen molar-refractivity contribution in [2.75, 3.05) is 29.9 Å². The number of hydrogen-bond donors (Lipinski definition) is 2. The molecular formula is C35H36FN5O3. The molecule has 1 saturated carbocycles. The van der Waals surface area contributed by atoms with Gasteiger partial charge in [0.25, 0.3) is 5.91 Å². The van der Waals surface area contributed by atoms with Crippen LogP contribution in [0.5, 0.6) is 0 Å². The van der Waals surface area contributed by atoms with Gasteiger partial charge in [-0.2, -0.15) is 0 Å². The zero-order valence-corrected chi connectivity index (χ0v) is 24.6. The van der Waals surface area contributed by atoms with Gasteiger partial charge in [0, 0.05) is 29.9 Å². The zero-order valence-electron chi connectivity index (χ0n) is 24.6. The fraction of sp³-hybridized carbons (Fsp3) is 0.371. The average molecular weight is 594 g/mol. The summed E-state index contributed by atoms with van der Waals surface area (Å²) in [7, 11) is 0. The standard InChI is InChI=1S/C35H36FN5O3/c36-29-10-3-1-8-27(29)32-28-9-2-4-11-30(28)41(21-31(42)40-19-22-12-13-23(20-40)15-14-22)34(43)33(38-32)39-35(44)37-26-17-16-24-6-5-7-25(24)18-26/h1-4,8-11,16-18,22-23,33H,5-7,12-15,19-21H2,(H2,37,39,44). The number of anilines is 2. The van der Waals surface area contributed by atoms with Gasteiger partial charge < -0.3 is 15.5 Å². The molecule has 44 heavy (non-hydrogen) atoms. The van der Waals surface area contributed by atoms with Gasteiger partial charge >= 0.3 is 6.03 Å². The Morgan fingerprint density at radius 3 is 2.30 bits per heavy atom. The number of hydrogen-bond acceptors (Lipinski definition) is 4. The first kappa shape index (κ1) is 28.3. The molecule has 8 rings (SSSR count). The second kappa shape index (κ2) is 11.9. The van der Waals surface area contributed by atoms with Crippen LogP contribution in [0.3, 0.4) is 0 Å². The summed E-state index contributed by atoms with van der Waals surface area (Å²) in [6.07, 6.45) is 6.21. The molecular weight excluding hydrogens is 557 g/mol. The molecule has 8 nitrogen and oxygen atoms in total. The van der Waals surface area contributed by atoms with Crippen LogP contribution in [0.4, 0.5) is 20.6 Å². The Balaban J connectivity index is 1.22. The normalized spacial score (nSPS) is 22.4. The second-order valence-electron chi connectivity index (χ2n) is 12.4. The van der Waals surface area contributed by atoms with Crippen molar-refractivity contribution in [3.63, 3.8) is 0 Å². The number of halogens is 1. The Morgan fingerprint density at radius 2 is 1.55 bits per heavy atom. The number of nitrogens with one attached hydrogen (secondary N) is 2. The number of carbonyl (C=O) groups excluding carboxylic acids is 3. The fourth-order valence-electron chi connectivity index (χ4n) is 7.23. The highest BCUT2D eigenvalue weighted by atomic mass is 19.1. The highest BCUT2D eigenvalue weighted by Gasteiger charge is 2.37. The van der Waals surface area contributed by atoms with Crippen LogP contribution in [-0.4, -0.2) is 54.3 Å². The number of aliphatic imine (C=N–C) groups is 1. The maximum Gasteiger partial charge on any atom is 0.321 e. The van der Waals surface area contributed by atoms with Crippen molar-refractivity contribution in [1.82, 2.24) is 10.2 Å². The average Bonchev–Trinajstić information content (AvgIpc) is 3.22. The molecule has 5 aliphatic rings. The van der Waals surface area contributed by atoms with Gasteiger partial charge in [-0.1, -0.05) is 36.4 Å². The van der Waals surface area contributed by atoms with E-state index in [1.54, 1.807) is 42.5 Å². The topological polar surface area (TPSA) is 94.1 Å². The molecule has 1 atom stereocenters. The molecule has 3 fully saturated rings. The fourth-order valence-corrected chi connectivity index (χ4v) is 7.23. The minimum atomic E-state index is -1.39. The van der Waals surface area contributed by atoms with Crippen LogP contribution in [0, 0.1) is 17.7 Å². The molecule has 0 radical (unpaired) electrons. The Bertz CT molecular complexity index is 1630. The van der Waals surface area contributed by atoms with E-state index >= 15 is 4.39 Å². The number of aryl methyl sites for hydroxylation is 2. The minimum absolute atomic E-state index is 0.136. The number of para-hydroxylation sites is 1. The third kappa shape index (κ3) is 5.58. The lowest BCUT2D eigenvalue weighted by molar-refractivity contribution is -0.132. The van der Waals surface area contributed by atoms with E-state index in [1.165, 1.54) is 22.1 Å². The molecule has 2 bridgehead atoms. The summed E-state index contributed by atoms with van der Waals surface area (Å²) >= 11 is 0. The lowest BCUT2D eigenvalue weighted by Crippen LogP contribution is -2.51. The van der Waals surface area contributed by atoms with Gasteiger partial charge in [-0.15, -0.1) is 0 Å². The minimum Gasteiger partial charge on any atom is -0.341 e. The summed E-state index contributed by atoms with van der Waals surface area (Å²) in [5, 5.41) is 5.56. The lowest BCUT2D eigenvalue weighted by atomic mass is 9.84. The Morgan fingerprint density at radius 1 is 0.864 bits per heavy atom. The number of rotatable bonds is 5. The predicted molar refractivity (Wildman–Crippen MR) is 167 cm³/mol. The van der Waals surface area contributed by atoms with Crippen molar-refractivity contribution >= 4 is 34.9 Å². The monoisotopic (exact) mass is 593 g/mol. The molecule has 0 spiro atoms. The van der Waals surface area contributed by atoms with E-state index in [0.29, 0.717) is 41.9 Å². The van der Waals surface area contributed by atoms with Crippen molar-refractivity contribution in [2.24, 2.45) is 16.8 Å². The van der Waals surface area contributed by atoms with Gasteiger partial charge in [0.2, 0.25) is 12.1 Å². The molecule has 9 heteroatoms. The van der Waals surface area contributed by atoms with Gasteiger partial charge in [-0.25, -0.2) is 14.2 Å².